The number of fused-ring (bicyclic) bond motifs is 1. The van der Waals surface area contributed by atoms with Gasteiger partial charge in [0.2, 0.25) is 5.91 Å². The van der Waals surface area contributed by atoms with Crippen molar-refractivity contribution in [3.8, 4) is 0 Å². The summed E-state index contributed by atoms with van der Waals surface area (Å²) in [6.07, 6.45) is 2.21. The normalized spacial score (nSPS) is 18.1. The van der Waals surface area contributed by atoms with E-state index in [0.29, 0.717) is 5.22 Å². The predicted molar refractivity (Wildman–Crippen MR) is 84.3 cm³/mol. The molecule has 0 spiro atoms. The van der Waals surface area contributed by atoms with E-state index in [2.05, 4.69) is 11.9 Å². The molecule has 2 aromatic rings. The van der Waals surface area contributed by atoms with E-state index in [9.17, 15) is 4.79 Å². The highest BCUT2D eigenvalue weighted by molar-refractivity contribution is 8.00. The van der Waals surface area contributed by atoms with Gasteiger partial charge in [0, 0.05) is 13.1 Å². The number of rotatable bonds is 3. The van der Waals surface area contributed by atoms with Gasteiger partial charge in [0.1, 0.15) is 5.52 Å². The summed E-state index contributed by atoms with van der Waals surface area (Å²) in [6.45, 7) is 5.93. The minimum Gasteiger partial charge on any atom is -0.431 e. The minimum absolute atomic E-state index is 0.161. The van der Waals surface area contributed by atoms with Crippen LogP contribution in [0.25, 0.3) is 11.1 Å². The molecule has 0 aliphatic carbocycles. The van der Waals surface area contributed by atoms with Crippen molar-refractivity contribution < 1.29 is 9.21 Å². The zero-order valence-electron chi connectivity index (χ0n) is 12.4. The summed E-state index contributed by atoms with van der Waals surface area (Å²) in [5.41, 5.74) is 1.61. The fraction of sp³-hybridized carbons (Fsp3) is 0.500. The highest BCUT2D eigenvalue weighted by Gasteiger charge is 2.26. The Bertz CT molecular complexity index is 599. The van der Waals surface area contributed by atoms with Crippen LogP contribution in [-0.2, 0) is 4.79 Å². The van der Waals surface area contributed by atoms with Crippen LogP contribution in [0.3, 0.4) is 0 Å². The zero-order valence-corrected chi connectivity index (χ0v) is 13.2. The van der Waals surface area contributed by atoms with Crippen molar-refractivity contribution in [2.45, 2.75) is 37.2 Å². The van der Waals surface area contributed by atoms with Gasteiger partial charge < -0.3 is 9.32 Å². The molecule has 1 saturated heterocycles. The number of likely N-dealkylation sites (tertiary alicyclic amines) is 1. The minimum atomic E-state index is -0.161. The van der Waals surface area contributed by atoms with Crippen LogP contribution in [0.4, 0.5) is 0 Å². The van der Waals surface area contributed by atoms with Crippen molar-refractivity contribution in [2.75, 3.05) is 13.1 Å². The maximum Gasteiger partial charge on any atom is 0.257 e. The first-order valence-electron chi connectivity index (χ1n) is 7.44. The Balaban J connectivity index is 1.65. The molecule has 0 radical (unpaired) electrons. The smallest absolute Gasteiger partial charge is 0.257 e. The monoisotopic (exact) mass is 304 g/mol. The molecule has 0 bridgehead atoms. The number of amides is 1. The number of benzene rings is 1. The van der Waals surface area contributed by atoms with E-state index in [0.717, 1.165) is 42.9 Å². The van der Waals surface area contributed by atoms with Crippen molar-refractivity contribution in [1.82, 2.24) is 9.88 Å². The van der Waals surface area contributed by atoms with Crippen LogP contribution in [0, 0.1) is 5.92 Å². The maximum absolute atomic E-state index is 12.5. The second-order valence-electron chi connectivity index (χ2n) is 5.72. The number of oxazole rings is 1. The summed E-state index contributed by atoms with van der Waals surface area (Å²) >= 11 is 1.40. The molecule has 0 saturated carbocycles. The summed E-state index contributed by atoms with van der Waals surface area (Å²) < 4.78 is 5.67. The van der Waals surface area contributed by atoms with Crippen molar-refractivity contribution in [3.05, 3.63) is 24.3 Å². The molecular weight excluding hydrogens is 284 g/mol. The predicted octanol–water partition coefficient (Wildman–Crippen LogP) is 3.57. The Kier molecular flexibility index (Phi) is 4.19. The van der Waals surface area contributed by atoms with Gasteiger partial charge in [-0.2, -0.15) is 0 Å². The van der Waals surface area contributed by atoms with E-state index >= 15 is 0 Å². The van der Waals surface area contributed by atoms with E-state index in [1.807, 2.05) is 36.1 Å². The Labute approximate surface area is 128 Å². The van der Waals surface area contributed by atoms with Gasteiger partial charge in [-0.05, 0) is 37.8 Å². The van der Waals surface area contributed by atoms with Crippen LogP contribution in [-0.4, -0.2) is 34.1 Å². The molecule has 3 rings (SSSR count). The fourth-order valence-corrected chi connectivity index (χ4v) is 3.43. The number of carbonyl (C=O) groups is 1. The van der Waals surface area contributed by atoms with E-state index in [1.54, 1.807) is 0 Å². The maximum atomic E-state index is 12.5. The number of aromatic nitrogens is 1. The molecule has 1 aromatic heterocycles. The van der Waals surface area contributed by atoms with E-state index < -0.39 is 0 Å². The second-order valence-corrected chi connectivity index (χ2v) is 7.01. The van der Waals surface area contributed by atoms with Crippen LogP contribution in [0.5, 0.6) is 0 Å². The second kappa shape index (κ2) is 6.10. The molecule has 1 aliphatic rings. The number of hydrogen-bond donors (Lipinski definition) is 0. The Hall–Kier alpha value is -1.49. The number of para-hydroxylation sites is 2. The van der Waals surface area contributed by atoms with Crippen LogP contribution in [0.1, 0.15) is 26.7 Å². The standard InChI is InChI=1S/C16H20N2O2S/c1-11-7-9-18(10-8-11)15(19)12(2)21-16-17-13-5-3-4-6-14(13)20-16/h3-6,11-12H,7-10H2,1-2H3. The molecule has 112 valence electrons. The molecule has 1 amide bonds. The third-order valence-corrected chi connectivity index (χ3v) is 4.93. The molecule has 2 heterocycles. The number of piperidine rings is 1. The third kappa shape index (κ3) is 3.23. The van der Waals surface area contributed by atoms with Gasteiger partial charge in [0.05, 0.1) is 5.25 Å². The lowest BCUT2D eigenvalue weighted by atomic mass is 9.99. The van der Waals surface area contributed by atoms with Crippen molar-refractivity contribution in [3.63, 3.8) is 0 Å². The molecule has 1 aliphatic heterocycles. The number of thioether (sulfide) groups is 1. The van der Waals surface area contributed by atoms with Crippen LogP contribution in [0.2, 0.25) is 0 Å². The number of nitrogens with zero attached hydrogens (tertiary/aromatic N) is 2. The summed E-state index contributed by atoms with van der Waals surface area (Å²) in [6, 6.07) is 7.67. The summed E-state index contributed by atoms with van der Waals surface area (Å²) in [7, 11) is 0. The van der Waals surface area contributed by atoms with Gasteiger partial charge in [-0.1, -0.05) is 30.8 Å². The van der Waals surface area contributed by atoms with Gasteiger partial charge in [0.15, 0.2) is 5.58 Å². The van der Waals surface area contributed by atoms with Gasteiger partial charge in [-0.15, -0.1) is 0 Å². The first kappa shape index (κ1) is 14.4. The van der Waals surface area contributed by atoms with Gasteiger partial charge >= 0.3 is 0 Å². The topological polar surface area (TPSA) is 46.3 Å². The Morgan fingerprint density at radius 2 is 2.10 bits per heavy atom. The van der Waals surface area contributed by atoms with Crippen molar-refractivity contribution in [1.29, 1.82) is 0 Å². The van der Waals surface area contributed by atoms with E-state index in [4.69, 9.17) is 4.42 Å². The van der Waals surface area contributed by atoms with E-state index in [-0.39, 0.29) is 11.2 Å². The lowest BCUT2D eigenvalue weighted by Crippen LogP contribution is -2.41. The van der Waals surface area contributed by atoms with E-state index in [1.165, 1.54) is 11.8 Å². The Morgan fingerprint density at radius 3 is 2.81 bits per heavy atom. The van der Waals surface area contributed by atoms with Crippen LogP contribution in [0.15, 0.2) is 33.9 Å². The first-order chi connectivity index (χ1) is 10.1. The van der Waals surface area contributed by atoms with Crippen molar-refractivity contribution >= 4 is 28.8 Å². The molecule has 1 unspecified atom stereocenters. The molecule has 1 fully saturated rings. The molecular formula is C16H20N2O2S. The molecule has 1 atom stereocenters. The molecule has 5 heteroatoms. The van der Waals surface area contributed by atoms with Crippen LogP contribution < -0.4 is 0 Å². The van der Waals surface area contributed by atoms with Gasteiger partial charge in [-0.3, -0.25) is 4.79 Å². The SMILES string of the molecule is CC1CCN(C(=O)C(C)Sc2nc3ccccc3o2)CC1. The number of hydrogen-bond acceptors (Lipinski definition) is 4. The summed E-state index contributed by atoms with van der Waals surface area (Å²) in [5.74, 6) is 0.920. The largest absolute Gasteiger partial charge is 0.431 e. The fourth-order valence-electron chi connectivity index (χ4n) is 2.59. The quantitative estimate of drug-likeness (QED) is 0.813. The molecule has 0 N–H and O–H groups in total. The molecule has 21 heavy (non-hydrogen) atoms. The summed E-state index contributed by atoms with van der Waals surface area (Å²) in [5, 5.41) is 0.411. The summed E-state index contributed by atoms with van der Waals surface area (Å²) in [4.78, 5) is 18.9. The average molecular weight is 304 g/mol. The lowest BCUT2D eigenvalue weighted by molar-refractivity contribution is -0.131. The van der Waals surface area contributed by atoms with Crippen LogP contribution >= 0.6 is 11.8 Å². The third-order valence-electron chi connectivity index (χ3n) is 3.99. The average Bonchev–Trinajstić information content (AvgIpc) is 2.89. The zero-order chi connectivity index (χ0) is 14.8. The highest BCUT2D eigenvalue weighted by Crippen LogP contribution is 2.28. The van der Waals surface area contributed by atoms with Crippen molar-refractivity contribution in [2.24, 2.45) is 5.92 Å². The van der Waals surface area contributed by atoms with Gasteiger partial charge in [-0.25, -0.2) is 4.98 Å². The Morgan fingerprint density at radius 1 is 1.38 bits per heavy atom. The molecule has 1 aromatic carbocycles. The highest BCUT2D eigenvalue weighted by atomic mass is 32.2. The lowest BCUT2D eigenvalue weighted by Gasteiger charge is -2.31. The first-order valence-corrected chi connectivity index (χ1v) is 8.32. The molecule has 4 nitrogen and oxygen atoms in total. The number of carbonyl (C=O) groups excluding carboxylic acids is 1. The van der Waals surface area contributed by atoms with Gasteiger partial charge in [0.25, 0.3) is 5.22 Å².